The monoisotopic (exact) mass is 346 g/mol. The van der Waals surface area contributed by atoms with Gasteiger partial charge < -0.3 is 0 Å². The molecule has 0 aliphatic heterocycles. The Labute approximate surface area is 138 Å². The molecule has 0 saturated heterocycles. The molecule has 4 rings (SSSR count). The summed E-state index contributed by atoms with van der Waals surface area (Å²) in [6.45, 7) is 0. The van der Waals surface area contributed by atoms with Crippen LogP contribution in [0.5, 0.6) is 0 Å². The number of sulfonamides is 1. The van der Waals surface area contributed by atoms with Crippen molar-refractivity contribution in [1.82, 2.24) is 14.6 Å². The van der Waals surface area contributed by atoms with Gasteiger partial charge in [-0.25, -0.2) is 22.3 Å². The number of halogens is 1. The molecule has 1 aromatic carbocycles. The Kier molecular flexibility index (Phi) is 3.49. The average molecular weight is 346 g/mol. The van der Waals surface area contributed by atoms with Crippen LogP contribution in [-0.2, 0) is 10.0 Å². The minimum Gasteiger partial charge on any atom is -0.276 e. The van der Waals surface area contributed by atoms with Crippen molar-refractivity contribution in [3.05, 3.63) is 54.2 Å². The maximum absolute atomic E-state index is 13.8. The van der Waals surface area contributed by atoms with E-state index in [-0.39, 0.29) is 5.69 Å². The molecule has 24 heavy (non-hydrogen) atoms. The number of fused-ring (bicyclic) bond motifs is 1. The molecule has 8 heteroatoms. The van der Waals surface area contributed by atoms with E-state index >= 15 is 0 Å². The summed E-state index contributed by atoms with van der Waals surface area (Å²) < 4.78 is 42.7. The Morgan fingerprint density at radius 2 is 1.96 bits per heavy atom. The van der Waals surface area contributed by atoms with Crippen molar-refractivity contribution < 1.29 is 12.8 Å². The van der Waals surface area contributed by atoms with Gasteiger partial charge in [0.05, 0.1) is 5.69 Å². The molecule has 0 radical (unpaired) electrons. The van der Waals surface area contributed by atoms with Gasteiger partial charge in [0, 0.05) is 12.1 Å². The van der Waals surface area contributed by atoms with Gasteiger partial charge in [-0.05, 0) is 37.1 Å². The van der Waals surface area contributed by atoms with E-state index in [1.807, 2.05) is 0 Å². The van der Waals surface area contributed by atoms with Crippen LogP contribution in [0.1, 0.15) is 31.0 Å². The van der Waals surface area contributed by atoms with E-state index in [9.17, 15) is 12.8 Å². The van der Waals surface area contributed by atoms with E-state index in [1.165, 1.54) is 18.2 Å². The summed E-state index contributed by atoms with van der Waals surface area (Å²) in [5.74, 6) is 0.258. The second-order valence-corrected chi connectivity index (χ2v) is 7.47. The van der Waals surface area contributed by atoms with Crippen molar-refractivity contribution in [2.75, 3.05) is 4.72 Å². The van der Waals surface area contributed by atoms with Gasteiger partial charge in [0.25, 0.3) is 10.0 Å². The third-order valence-corrected chi connectivity index (χ3v) is 5.62. The van der Waals surface area contributed by atoms with Crippen LogP contribution >= 0.6 is 0 Å². The molecular weight excluding hydrogens is 331 g/mol. The summed E-state index contributed by atoms with van der Waals surface area (Å²) in [7, 11) is -4.04. The highest BCUT2D eigenvalue weighted by molar-refractivity contribution is 7.92. The van der Waals surface area contributed by atoms with Gasteiger partial charge in [0.1, 0.15) is 10.7 Å². The molecule has 1 N–H and O–H groups in total. The van der Waals surface area contributed by atoms with Crippen LogP contribution in [0.4, 0.5) is 10.1 Å². The first-order valence-corrected chi connectivity index (χ1v) is 9.15. The van der Waals surface area contributed by atoms with Crippen LogP contribution in [-0.4, -0.2) is 23.0 Å². The molecule has 0 atom stereocenters. The smallest absolute Gasteiger partial charge is 0.264 e. The van der Waals surface area contributed by atoms with E-state index < -0.39 is 20.7 Å². The number of rotatable bonds is 4. The number of nitrogens with zero attached hydrogens (tertiary/aromatic N) is 3. The second kappa shape index (κ2) is 5.55. The van der Waals surface area contributed by atoms with Crippen LogP contribution in [0.3, 0.4) is 0 Å². The highest BCUT2D eigenvalue weighted by Crippen LogP contribution is 2.35. The largest absolute Gasteiger partial charge is 0.276 e. The minimum atomic E-state index is -4.04. The first kappa shape index (κ1) is 15.1. The lowest BCUT2D eigenvalue weighted by Gasteiger charge is -2.21. The molecule has 2 heterocycles. The SMILES string of the molecule is O=S(=O)(Nc1cccn2nc(C3CCC3)nc12)c1ccccc1F. The fourth-order valence-corrected chi connectivity index (χ4v) is 3.85. The van der Waals surface area contributed by atoms with E-state index in [1.54, 1.807) is 22.8 Å². The van der Waals surface area contributed by atoms with Crippen molar-refractivity contribution in [2.24, 2.45) is 0 Å². The van der Waals surface area contributed by atoms with Gasteiger partial charge in [0.2, 0.25) is 0 Å². The minimum absolute atomic E-state index is 0.277. The first-order chi connectivity index (χ1) is 11.5. The summed E-state index contributed by atoms with van der Waals surface area (Å²) in [4.78, 5) is 4.07. The molecule has 1 fully saturated rings. The Balaban J connectivity index is 1.74. The van der Waals surface area contributed by atoms with Gasteiger partial charge in [-0.1, -0.05) is 18.6 Å². The Morgan fingerprint density at radius 1 is 1.17 bits per heavy atom. The van der Waals surface area contributed by atoms with Gasteiger partial charge in [-0.3, -0.25) is 4.72 Å². The van der Waals surface area contributed by atoms with Crippen molar-refractivity contribution >= 4 is 21.4 Å². The van der Waals surface area contributed by atoms with Gasteiger partial charge in [0.15, 0.2) is 11.5 Å². The summed E-state index contributed by atoms with van der Waals surface area (Å²) in [5.41, 5.74) is 0.693. The molecule has 0 spiro atoms. The number of aromatic nitrogens is 3. The Bertz CT molecular complexity index is 1010. The number of anilines is 1. The number of nitrogens with one attached hydrogen (secondary N) is 1. The third kappa shape index (κ3) is 2.52. The van der Waals surface area contributed by atoms with Crippen LogP contribution in [0.2, 0.25) is 0 Å². The van der Waals surface area contributed by atoms with Crippen molar-refractivity contribution in [3.63, 3.8) is 0 Å². The van der Waals surface area contributed by atoms with Gasteiger partial charge >= 0.3 is 0 Å². The lowest BCUT2D eigenvalue weighted by molar-refractivity contribution is 0.402. The van der Waals surface area contributed by atoms with Crippen molar-refractivity contribution in [2.45, 2.75) is 30.1 Å². The molecule has 2 aromatic heterocycles. The van der Waals surface area contributed by atoms with Gasteiger partial charge in [-0.15, -0.1) is 0 Å². The molecule has 0 unspecified atom stereocenters. The molecule has 1 aliphatic carbocycles. The highest BCUT2D eigenvalue weighted by atomic mass is 32.2. The lowest BCUT2D eigenvalue weighted by Crippen LogP contribution is -2.15. The average Bonchev–Trinajstić information content (AvgIpc) is 2.90. The zero-order valence-corrected chi connectivity index (χ0v) is 13.5. The zero-order chi connectivity index (χ0) is 16.7. The molecule has 1 aliphatic rings. The molecule has 1 saturated carbocycles. The molecule has 6 nitrogen and oxygen atoms in total. The van der Waals surface area contributed by atoms with E-state index in [2.05, 4.69) is 14.8 Å². The lowest BCUT2D eigenvalue weighted by atomic mass is 9.85. The molecule has 0 amide bonds. The number of benzene rings is 1. The highest BCUT2D eigenvalue weighted by Gasteiger charge is 2.25. The van der Waals surface area contributed by atoms with Crippen molar-refractivity contribution in [1.29, 1.82) is 0 Å². The van der Waals surface area contributed by atoms with E-state index in [0.717, 1.165) is 31.2 Å². The standard InChI is InChI=1S/C16H15FN4O2S/c17-12-7-1-2-9-14(12)24(22,23)20-13-8-4-10-21-16(13)18-15(19-21)11-5-3-6-11/h1-2,4,7-11,20H,3,5-6H2. The summed E-state index contributed by atoms with van der Waals surface area (Å²) in [5, 5.41) is 4.41. The number of pyridine rings is 1. The quantitative estimate of drug-likeness (QED) is 0.788. The van der Waals surface area contributed by atoms with Gasteiger partial charge in [-0.2, -0.15) is 5.10 Å². The van der Waals surface area contributed by atoms with Crippen LogP contribution < -0.4 is 4.72 Å². The van der Waals surface area contributed by atoms with E-state index in [4.69, 9.17) is 0 Å². The fourth-order valence-electron chi connectivity index (χ4n) is 2.70. The fraction of sp³-hybridized carbons (Fsp3) is 0.250. The summed E-state index contributed by atoms with van der Waals surface area (Å²) in [6.07, 6.45) is 4.97. The van der Waals surface area contributed by atoms with Crippen molar-refractivity contribution in [3.8, 4) is 0 Å². The number of hydrogen-bond acceptors (Lipinski definition) is 4. The maximum atomic E-state index is 13.8. The zero-order valence-electron chi connectivity index (χ0n) is 12.7. The topological polar surface area (TPSA) is 76.4 Å². The number of hydrogen-bond donors (Lipinski definition) is 1. The second-order valence-electron chi connectivity index (χ2n) is 5.82. The molecule has 3 aromatic rings. The maximum Gasteiger partial charge on any atom is 0.264 e. The molecule has 0 bridgehead atoms. The molecular formula is C16H15FN4O2S. The summed E-state index contributed by atoms with van der Waals surface area (Å²) >= 11 is 0. The summed E-state index contributed by atoms with van der Waals surface area (Å²) in [6, 6.07) is 8.52. The first-order valence-electron chi connectivity index (χ1n) is 7.67. The van der Waals surface area contributed by atoms with Crippen LogP contribution in [0, 0.1) is 5.82 Å². The van der Waals surface area contributed by atoms with Crippen LogP contribution in [0.15, 0.2) is 47.5 Å². The molecule has 124 valence electrons. The van der Waals surface area contributed by atoms with E-state index in [0.29, 0.717) is 11.6 Å². The normalized spacial score (nSPS) is 15.4. The predicted octanol–water partition coefficient (Wildman–Crippen LogP) is 2.94. The predicted molar refractivity (Wildman–Crippen MR) is 86.8 cm³/mol. The Morgan fingerprint density at radius 3 is 2.67 bits per heavy atom. The third-order valence-electron chi connectivity index (χ3n) is 4.22. The Hall–Kier alpha value is -2.48. The van der Waals surface area contributed by atoms with Crippen LogP contribution in [0.25, 0.3) is 5.65 Å².